The Morgan fingerprint density at radius 2 is 1.59 bits per heavy atom. The summed E-state index contributed by atoms with van der Waals surface area (Å²) in [6.45, 7) is 28.5. The second-order valence-corrected chi connectivity index (χ2v) is 15.2. The average molecular weight is 548 g/mol. The van der Waals surface area contributed by atoms with Crippen LogP contribution in [0, 0.1) is 23.7 Å². The van der Waals surface area contributed by atoms with E-state index in [9.17, 15) is 5.11 Å². The molecule has 1 aromatic rings. The van der Waals surface area contributed by atoms with Crippen LogP contribution in [0.25, 0.3) is 0 Å². The van der Waals surface area contributed by atoms with Crippen LogP contribution in [0.2, 0.25) is 0 Å². The number of nitrogens with one attached hydrogen (secondary N) is 1. The summed E-state index contributed by atoms with van der Waals surface area (Å²) in [5.74, 6) is 0.528. The molecule has 3 heterocycles. The minimum atomic E-state index is -0.0953. The minimum Gasteiger partial charge on any atom is -0.393 e. The lowest BCUT2D eigenvalue weighted by Crippen LogP contribution is -2.35. The summed E-state index contributed by atoms with van der Waals surface area (Å²) >= 11 is 0. The van der Waals surface area contributed by atoms with Gasteiger partial charge in [0.05, 0.1) is 18.3 Å². The molecule has 2 fully saturated rings. The van der Waals surface area contributed by atoms with Gasteiger partial charge in [0, 0.05) is 18.4 Å². The minimum absolute atomic E-state index is 0.0275. The highest BCUT2D eigenvalue weighted by Gasteiger charge is 2.25. The van der Waals surface area contributed by atoms with Crippen molar-refractivity contribution >= 4 is 0 Å². The van der Waals surface area contributed by atoms with Gasteiger partial charge < -0.3 is 20.1 Å². The van der Waals surface area contributed by atoms with E-state index in [4.69, 9.17) is 4.74 Å². The van der Waals surface area contributed by atoms with Gasteiger partial charge in [0.2, 0.25) is 0 Å². The van der Waals surface area contributed by atoms with E-state index in [1.807, 2.05) is 6.20 Å². The Morgan fingerprint density at radius 3 is 2.08 bits per heavy atom. The van der Waals surface area contributed by atoms with Crippen molar-refractivity contribution in [1.29, 1.82) is 0 Å². The van der Waals surface area contributed by atoms with E-state index in [-0.39, 0.29) is 17.1 Å². The highest BCUT2D eigenvalue weighted by atomic mass is 16.5. The van der Waals surface area contributed by atoms with Crippen molar-refractivity contribution < 1.29 is 9.84 Å². The molecule has 0 radical (unpaired) electrons. The predicted molar refractivity (Wildman–Crippen MR) is 168 cm³/mol. The molecule has 0 bridgehead atoms. The lowest BCUT2D eigenvalue weighted by atomic mass is 9.81. The summed E-state index contributed by atoms with van der Waals surface area (Å²) in [5.41, 5.74) is 3.19. The molecular formula is C34H65N3O2. The Hall–Kier alpha value is -1.01. The molecule has 0 amide bonds. The summed E-state index contributed by atoms with van der Waals surface area (Å²) in [6, 6.07) is 4.28. The first-order valence-electron chi connectivity index (χ1n) is 15.7. The summed E-state index contributed by atoms with van der Waals surface area (Å²) in [6.07, 6.45) is 11.4. The quantitative estimate of drug-likeness (QED) is 0.354. The Balaban J connectivity index is 0.000000293. The highest BCUT2D eigenvalue weighted by Crippen LogP contribution is 2.27. The van der Waals surface area contributed by atoms with E-state index >= 15 is 0 Å². The number of aliphatic hydroxyl groups excluding tert-OH is 1. The van der Waals surface area contributed by atoms with E-state index < -0.39 is 0 Å². The van der Waals surface area contributed by atoms with Gasteiger partial charge in [-0.15, -0.1) is 0 Å². The lowest BCUT2D eigenvalue weighted by molar-refractivity contribution is -0.0109. The number of aliphatic hydroxyl groups is 1. The number of aryl methyl sites for hydroxylation is 2. The van der Waals surface area contributed by atoms with Gasteiger partial charge >= 0.3 is 0 Å². The van der Waals surface area contributed by atoms with Gasteiger partial charge in [0.15, 0.2) is 0 Å². The number of piperidine rings is 1. The van der Waals surface area contributed by atoms with Gasteiger partial charge in [-0.25, -0.2) is 0 Å². The van der Waals surface area contributed by atoms with E-state index in [0.29, 0.717) is 11.3 Å². The molecular weight excluding hydrogens is 482 g/mol. The van der Waals surface area contributed by atoms with Crippen LogP contribution in [0.15, 0.2) is 18.3 Å². The number of nitrogens with zero attached hydrogens (tertiary/aromatic N) is 2. The number of hydrogen-bond acceptors (Lipinski definition) is 5. The van der Waals surface area contributed by atoms with Crippen molar-refractivity contribution in [2.45, 2.75) is 132 Å². The number of pyridine rings is 1. The van der Waals surface area contributed by atoms with E-state index in [1.54, 1.807) is 0 Å². The van der Waals surface area contributed by atoms with Crippen LogP contribution >= 0.6 is 0 Å². The molecule has 0 spiro atoms. The third-order valence-electron chi connectivity index (χ3n) is 7.22. The fraction of sp³-hybridized carbons (Fsp3) is 0.853. The van der Waals surface area contributed by atoms with Gasteiger partial charge in [0.25, 0.3) is 0 Å². The molecule has 1 unspecified atom stereocenters. The monoisotopic (exact) mass is 548 g/mol. The van der Waals surface area contributed by atoms with Crippen LogP contribution < -0.4 is 5.32 Å². The van der Waals surface area contributed by atoms with E-state index in [1.165, 1.54) is 50.0 Å². The van der Waals surface area contributed by atoms with Crippen molar-refractivity contribution in [2.24, 2.45) is 16.7 Å². The second kappa shape index (κ2) is 17.7. The molecule has 1 aromatic heterocycles. The number of likely N-dealkylation sites (tertiary alicyclic amines) is 1. The molecule has 0 aromatic carbocycles. The number of aromatic nitrogens is 1. The van der Waals surface area contributed by atoms with Crippen molar-refractivity contribution in [3.8, 4) is 0 Å². The molecule has 5 heteroatoms. The van der Waals surface area contributed by atoms with Crippen LogP contribution in [-0.4, -0.2) is 66.0 Å². The topological polar surface area (TPSA) is 57.6 Å². The van der Waals surface area contributed by atoms with Crippen LogP contribution in [-0.2, 0) is 11.2 Å². The van der Waals surface area contributed by atoms with Crippen molar-refractivity contribution in [1.82, 2.24) is 15.2 Å². The van der Waals surface area contributed by atoms with Crippen molar-refractivity contribution in [2.75, 3.05) is 39.3 Å². The second-order valence-electron chi connectivity index (χ2n) is 15.2. The highest BCUT2D eigenvalue weighted by molar-refractivity contribution is 5.12. The average Bonchev–Trinajstić information content (AvgIpc) is 3.33. The Bertz CT molecular complexity index is 732. The summed E-state index contributed by atoms with van der Waals surface area (Å²) in [7, 11) is 0. The number of ether oxygens (including phenoxy) is 1. The Kier molecular flexibility index (Phi) is 16.4. The Labute approximate surface area is 242 Å². The first-order valence-corrected chi connectivity index (χ1v) is 15.7. The summed E-state index contributed by atoms with van der Waals surface area (Å²) in [4.78, 5) is 6.88. The van der Waals surface area contributed by atoms with Crippen LogP contribution in [0.4, 0.5) is 0 Å². The summed E-state index contributed by atoms with van der Waals surface area (Å²) in [5, 5.41) is 13.3. The third-order valence-corrected chi connectivity index (χ3v) is 7.22. The maximum atomic E-state index is 9.98. The molecule has 2 saturated heterocycles. The molecule has 2 aliphatic heterocycles. The molecule has 0 saturated carbocycles. The molecule has 1 atom stereocenters. The fourth-order valence-corrected chi connectivity index (χ4v) is 4.96. The molecule has 3 rings (SSSR count). The van der Waals surface area contributed by atoms with Crippen LogP contribution in [0.1, 0.15) is 119 Å². The third kappa shape index (κ3) is 20.5. The van der Waals surface area contributed by atoms with Gasteiger partial charge in [-0.05, 0) is 134 Å². The zero-order valence-electron chi connectivity index (χ0n) is 27.5. The lowest BCUT2D eigenvalue weighted by Gasteiger charge is -2.31. The Morgan fingerprint density at radius 1 is 0.974 bits per heavy atom. The van der Waals surface area contributed by atoms with E-state index in [0.717, 1.165) is 51.9 Å². The summed E-state index contributed by atoms with van der Waals surface area (Å²) < 4.78 is 5.65. The van der Waals surface area contributed by atoms with Gasteiger partial charge in [0.1, 0.15) is 0 Å². The predicted octanol–water partition coefficient (Wildman–Crippen LogP) is 7.44. The van der Waals surface area contributed by atoms with Gasteiger partial charge in [-0.3, -0.25) is 4.98 Å². The van der Waals surface area contributed by atoms with E-state index in [2.05, 4.69) is 96.6 Å². The van der Waals surface area contributed by atoms with Crippen molar-refractivity contribution in [3.63, 3.8) is 0 Å². The van der Waals surface area contributed by atoms with Gasteiger partial charge in [-0.2, -0.15) is 0 Å². The molecule has 5 nitrogen and oxygen atoms in total. The zero-order chi connectivity index (χ0) is 29.5. The molecule has 39 heavy (non-hydrogen) atoms. The van der Waals surface area contributed by atoms with Crippen molar-refractivity contribution in [3.05, 3.63) is 29.6 Å². The first-order chi connectivity index (χ1) is 18.0. The first kappa shape index (κ1) is 36.0. The molecule has 2 aliphatic rings. The zero-order valence-corrected chi connectivity index (χ0v) is 27.5. The van der Waals surface area contributed by atoms with Gasteiger partial charge in [-0.1, -0.05) is 47.6 Å². The fourth-order valence-electron chi connectivity index (χ4n) is 4.96. The standard InChI is InChI=1S/C13H21N.C11H23NO.C10H21NO/c1-11-7-8-12(14-10-11)6-5-9-13(2,3)4;1-11(2,3)8-10(13)9-4-6-12-7-5-9;1-10(2,3)12-9-8-11-6-4-5-7-11/h7-8,10H,5-6,9H2,1-4H3;9-10,12-13H,4-8H2,1-3H3;4-9H2,1-3H3. The maximum Gasteiger partial charge on any atom is 0.0600 e. The maximum absolute atomic E-state index is 9.98. The number of hydrogen-bond donors (Lipinski definition) is 2. The largest absolute Gasteiger partial charge is 0.393 e. The molecule has 2 N–H and O–H groups in total. The smallest absolute Gasteiger partial charge is 0.0600 e. The SMILES string of the molecule is CC(C)(C)CC(O)C1CCNCC1.CC(C)(C)OCCN1CCCC1.Cc1ccc(CCCC(C)(C)C)nc1. The normalized spacial score (nSPS) is 18.1. The van der Waals surface area contributed by atoms with Crippen LogP contribution in [0.3, 0.4) is 0 Å². The molecule has 0 aliphatic carbocycles. The van der Waals surface area contributed by atoms with Crippen LogP contribution in [0.5, 0.6) is 0 Å². The molecule has 228 valence electrons. The number of rotatable bonds is 8.